The minimum atomic E-state index is -3.32. The molecule has 0 bridgehead atoms. The van der Waals surface area contributed by atoms with Crippen LogP contribution in [0.15, 0.2) is 47.4 Å². The number of nitrogens with one attached hydrogen (secondary N) is 2. The number of nitrogens with zero attached hydrogens (tertiary/aromatic N) is 4. The molecule has 1 saturated carbocycles. The van der Waals surface area contributed by atoms with Crippen molar-refractivity contribution in [2.45, 2.75) is 43.5 Å². The van der Waals surface area contributed by atoms with Gasteiger partial charge in [0.2, 0.25) is 11.9 Å². The van der Waals surface area contributed by atoms with E-state index in [0.717, 1.165) is 18.5 Å². The number of hydrogen-bond acceptors (Lipinski definition) is 8. The molecule has 2 N–H and O–H groups in total. The monoisotopic (exact) mass is 428 g/mol. The molecule has 1 aliphatic carbocycles. The molecule has 0 spiro atoms. The minimum absolute atomic E-state index is 0. The zero-order valence-electron chi connectivity index (χ0n) is 17.1. The van der Waals surface area contributed by atoms with Gasteiger partial charge in [0.25, 0.3) is 0 Å². The van der Waals surface area contributed by atoms with E-state index in [1.54, 1.807) is 24.3 Å². The summed E-state index contributed by atoms with van der Waals surface area (Å²) in [5.74, 6) is 1.72. The van der Waals surface area contributed by atoms with Crippen molar-refractivity contribution in [3.05, 3.63) is 48.2 Å². The summed E-state index contributed by atoms with van der Waals surface area (Å²) in [7, 11) is -3.32. The third kappa shape index (κ3) is 4.91. The van der Waals surface area contributed by atoms with Gasteiger partial charge in [0, 0.05) is 32.5 Å². The van der Waals surface area contributed by atoms with Crippen LogP contribution in [-0.4, -0.2) is 40.7 Å². The Morgan fingerprint density at radius 1 is 1.00 bits per heavy atom. The zero-order valence-corrected chi connectivity index (χ0v) is 17.9. The lowest BCUT2D eigenvalue weighted by molar-refractivity contribution is 0.602. The SMILES string of the molecule is CC(C)Nc1nc(Nc2cccc(S(C)(=O)=O)c2)nc(-c2cccc(C3CC3)n2)n1.[HH].[HH]. The first-order valence-electron chi connectivity index (χ1n) is 9.85. The van der Waals surface area contributed by atoms with Crippen LogP contribution in [-0.2, 0) is 9.84 Å². The molecule has 160 valence electrons. The molecule has 0 unspecified atom stereocenters. The Kier molecular flexibility index (Phi) is 5.38. The van der Waals surface area contributed by atoms with Gasteiger partial charge in [-0.2, -0.15) is 15.0 Å². The maximum Gasteiger partial charge on any atom is 0.232 e. The van der Waals surface area contributed by atoms with Crippen molar-refractivity contribution in [2.24, 2.45) is 0 Å². The molecule has 2 aromatic heterocycles. The summed E-state index contributed by atoms with van der Waals surface area (Å²) in [6.07, 6.45) is 3.50. The summed E-state index contributed by atoms with van der Waals surface area (Å²) in [6.45, 7) is 4.00. The quantitative estimate of drug-likeness (QED) is 0.574. The van der Waals surface area contributed by atoms with Crippen LogP contribution in [0.5, 0.6) is 0 Å². The fourth-order valence-corrected chi connectivity index (χ4v) is 3.65. The third-order valence-electron chi connectivity index (χ3n) is 4.57. The van der Waals surface area contributed by atoms with Crippen LogP contribution < -0.4 is 10.6 Å². The van der Waals surface area contributed by atoms with E-state index in [9.17, 15) is 8.42 Å². The van der Waals surface area contributed by atoms with E-state index in [0.29, 0.717) is 35.0 Å². The maximum atomic E-state index is 11.9. The second-order valence-electron chi connectivity index (χ2n) is 7.75. The molecule has 1 aliphatic rings. The predicted molar refractivity (Wildman–Crippen MR) is 121 cm³/mol. The van der Waals surface area contributed by atoms with Gasteiger partial charge in [0.1, 0.15) is 5.69 Å². The van der Waals surface area contributed by atoms with E-state index in [-0.39, 0.29) is 13.8 Å². The summed E-state index contributed by atoms with van der Waals surface area (Å²) in [4.78, 5) is 18.5. The number of pyridine rings is 1. The van der Waals surface area contributed by atoms with Gasteiger partial charge in [0.15, 0.2) is 15.7 Å². The molecule has 1 fully saturated rings. The van der Waals surface area contributed by atoms with E-state index in [1.165, 1.54) is 6.26 Å². The molecule has 3 aromatic rings. The van der Waals surface area contributed by atoms with Gasteiger partial charge in [-0.15, -0.1) is 0 Å². The van der Waals surface area contributed by atoms with E-state index in [4.69, 9.17) is 4.98 Å². The number of hydrogen-bond donors (Lipinski definition) is 2. The Hall–Kier alpha value is -3.07. The number of anilines is 3. The molecule has 1 aromatic carbocycles. The van der Waals surface area contributed by atoms with Gasteiger partial charge in [-0.25, -0.2) is 13.4 Å². The molecule has 0 aliphatic heterocycles. The van der Waals surface area contributed by atoms with Gasteiger partial charge < -0.3 is 10.6 Å². The Morgan fingerprint density at radius 2 is 1.73 bits per heavy atom. The van der Waals surface area contributed by atoms with Crippen molar-refractivity contribution in [3.63, 3.8) is 0 Å². The first-order chi connectivity index (χ1) is 14.3. The Morgan fingerprint density at radius 3 is 2.43 bits per heavy atom. The summed E-state index contributed by atoms with van der Waals surface area (Å²) < 4.78 is 23.7. The second kappa shape index (κ2) is 7.98. The molecule has 2 heterocycles. The highest BCUT2D eigenvalue weighted by molar-refractivity contribution is 7.90. The molecule has 9 heteroatoms. The molecule has 0 atom stereocenters. The van der Waals surface area contributed by atoms with Crippen molar-refractivity contribution < 1.29 is 11.3 Å². The maximum absolute atomic E-state index is 11.9. The molecule has 0 radical (unpaired) electrons. The predicted octanol–water partition coefficient (Wildman–Crippen LogP) is 4.27. The fraction of sp³-hybridized carbons (Fsp3) is 0.333. The molecular weight excluding hydrogens is 400 g/mol. The topological polar surface area (TPSA) is 110 Å². The third-order valence-corrected chi connectivity index (χ3v) is 5.68. The van der Waals surface area contributed by atoms with Crippen LogP contribution in [0.3, 0.4) is 0 Å². The average molecular weight is 429 g/mol. The highest BCUT2D eigenvalue weighted by Gasteiger charge is 2.25. The molecule has 8 nitrogen and oxygen atoms in total. The van der Waals surface area contributed by atoms with Gasteiger partial charge in [0.05, 0.1) is 4.90 Å². The fourth-order valence-electron chi connectivity index (χ4n) is 2.99. The lowest BCUT2D eigenvalue weighted by atomic mass is 10.2. The van der Waals surface area contributed by atoms with Crippen molar-refractivity contribution in [3.8, 4) is 11.5 Å². The highest BCUT2D eigenvalue weighted by atomic mass is 32.2. The summed E-state index contributed by atoms with van der Waals surface area (Å²) in [5.41, 5.74) is 2.31. The molecule has 0 amide bonds. The molecule has 4 rings (SSSR count). The van der Waals surface area contributed by atoms with Gasteiger partial charge in [-0.3, -0.25) is 0 Å². The second-order valence-corrected chi connectivity index (χ2v) is 9.77. The van der Waals surface area contributed by atoms with Crippen LogP contribution in [0.4, 0.5) is 17.6 Å². The largest absolute Gasteiger partial charge is 0.352 e. The summed E-state index contributed by atoms with van der Waals surface area (Å²) >= 11 is 0. The van der Waals surface area contributed by atoms with Gasteiger partial charge in [-0.1, -0.05) is 12.1 Å². The summed E-state index contributed by atoms with van der Waals surface area (Å²) in [5, 5.41) is 6.30. The van der Waals surface area contributed by atoms with Crippen LogP contribution >= 0.6 is 0 Å². The molecular formula is C21H28N6O2S. The first-order valence-corrected chi connectivity index (χ1v) is 11.7. The van der Waals surface area contributed by atoms with Gasteiger partial charge >= 0.3 is 0 Å². The Labute approximate surface area is 179 Å². The normalized spacial score (nSPS) is 14.0. The lowest BCUT2D eigenvalue weighted by Crippen LogP contribution is -2.14. The van der Waals surface area contributed by atoms with E-state index in [2.05, 4.69) is 25.6 Å². The van der Waals surface area contributed by atoms with E-state index in [1.807, 2.05) is 32.0 Å². The van der Waals surface area contributed by atoms with Crippen LogP contribution in [0, 0.1) is 0 Å². The van der Waals surface area contributed by atoms with E-state index >= 15 is 0 Å². The number of benzene rings is 1. The highest BCUT2D eigenvalue weighted by Crippen LogP contribution is 2.39. The Balaban J connectivity index is 0.00000181. The smallest absolute Gasteiger partial charge is 0.232 e. The standard InChI is InChI=1S/C21H24N6O2S.2H2/c1-13(2)22-20-25-19(18-9-5-8-17(24-18)14-10-11-14)26-21(27-20)23-15-6-4-7-16(12-15)30(3,28)29;;/h4-9,12-14H,10-11H2,1-3H3,(H2,22,23,25,26,27);2*1H. The van der Waals surface area contributed by atoms with Crippen LogP contribution in [0.1, 0.15) is 41.2 Å². The average Bonchev–Trinajstić information content (AvgIpc) is 3.52. The lowest BCUT2D eigenvalue weighted by Gasteiger charge is -2.12. The number of aromatic nitrogens is 4. The van der Waals surface area contributed by atoms with Crippen molar-refractivity contribution in [1.29, 1.82) is 0 Å². The van der Waals surface area contributed by atoms with E-state index < -0.39 is 9.84 Å². The number of sulfone groups is 1. The molecule has 30 heavy (non-hydrogen) atoms. The van der Waals surface area contributed by atoms with Crippen LogP contribution in [0.25, 0.3) is 11.5 Å². The van der Waals surface area contributed by atoms with Crippen molar-refractivity contribution in [2.75, 3.05) is 16.9 Å². The summed E-state index contributed by atoms with van der Waals surface area (Å²) in [6, 6.07) is 12.6. The van der Waals surface area contributed by atoms with Gasteiger partial charge in [-0.05, 0) is 57.0 Å². The molecule has 0 saturated heterocycles. The van der Waals surface area contributed by atoms with Crippen molar-refractivity contribution in [1.82, 2.24) is 19.9 Å². The van der Waals surface area contributed by atoms with Crippen LogP contribution in [0.2, 0.25) is 0 Å². The first kappa shape index (κ1) is 20.2. The zero-order chi connectivity index (χ0) is 21.3. The minimum Gasteiger partial charge on any atom is -0.352 e. The number of rotatable bonds is 7. The Bertz CT molecular complexity index is 1190. The van der Waals surface area contributed by atoms with Crippen molar-refractivity contribution >= 4 is 27.4 Å².